The molecule has 0 heterocycles. The lowest BCUT2D eigenvalue weighted by molar-refractivity contribution is -0.133. The second-order valence-electron chi connectivity index (χ2n) is 2.52. The Labute approximate surface area is 71.1 Å². The van der Waals surface area contributed by atoms with Crippen LogP contribution in [0.3, 0.4) is 0 Å². The summed E-state index contributed by atoms with van der Waals surface area (Å²) in [6.45, 7) is 3.28. The maximum Gasteiger partial charge on any atom is 0.332 e. The summed E-state index contributed by atoms with van der Waals surface area (Å²) in [5.41, 5.74) is 5.20. The molecule has 0 aliphatic rings. The predicted octanol–water partition coefficient (Wildman–Crippen LogP) is 0.673. The highest BCUT2D eigenvalue weighted by molar-refractivity contribution is 6.00. The monoisotopic (exact) mass is 171 g/mol. The second-order valence-corrected chi connectivity index (χ2v) is 2.52. The van der Waals surface area contributed by atoms with E-state index in [1.54, 1.807) is 0 Å². The first kappa shape index (κ1) is 10.7. The summed E-state index contributed by atoms with van der Waals surface area (Å²) in [6.07, 6.45) is 1.07. The fourth-order valence-corrected chi connectivity index (χ4v) is 0.854. The molecule has 0 spiro atoms. The van der Waals surface area contributed by atoms with E-state index in [-0.39, 0.29) is 11.1 Å². The van der Waals surface area contributed by atoms with Crippen molar-refractivity contribution in [2.24, 2.45) is 5.73 Å². The summed E-state index contributed by atoms with van der Waals surface area (Å²) in [4.78, 5) is 21.2. The molecule has 0 aliphatic carbocycles. The van der Waals surface area contributed by atoms with E-state index in [1.807, 2.05) is 6.92 Å². The van der Waals surface area contributed by atoms with Gasteiger partial charge in [0, 0.05) is 11.1 Å². The molecular weight excluding hydrogens is 158 g/mol. The number of amides is 1. The van der Waals surface area contributed by atoms with E-state index >= 15 is 0 Å². The van der Waals surface area contributed by atoms with Crippen LogP contribution in [0.1, 0.15) is 26.7 Å². The quantitative estimate of drug-likeness (QED) is 0.610. The van der Waals surface area contributed by atoms with Crippen LogP contribution in [0.2, 0.25) is 0 Å². The first-order valence-corrected chi connectivity index (χ1v) is 3.73. The molecule has 1 amide bonds. The van der Waals surface area contributed by atoms with Crippen molar-refractivity contribution in [1.82, 2.24) is 0 Å². The average Bonchev–Trinajstić information content (AvgIpc) is 1.98. The van der Waals surface area contributed by atoms with Gasteiger partial charge in [-0.2, -0.15) is 0 Å². The van der Waals surface area contributed by atoms with Crippen molar-refractivity contribution in [1.29, 1.82) is 0 Å². The Morgan fingerprint density at radius 1 is 1.42 bits per heavy atom. The summed E-state index contributed by atoms with van der Waals surface area (Å²) in [7, 11) is 0. The highest BCUT2D eigenvalue weighted by Crippen LogP contribution is 2.10. The molecule has 0 saturated heterocycles. The van der Waals surface area contributed by atoms with E-state index in [2.05, 4.69) is 0 Å². The van der Waals surface area contributed by atoms with Gasteiger partial charge >= 0.3 is 5.97 Å². The summed E-state index contributed by atoms with van der Waals surface area (Å²) < 4.78 is 0. The molecule has 3 N–H and O–H groups in total. The number of carboxylic acid groups (broad SMARTS) is 1. The number of hydrogen-bond acceptors (Lipinski definition) is 2. The summed E-state index contributed by atoms with van der Waals surface area (Å²) in [5, 5.41) is 8.66. The van der Waals surface area contributed by atoms with E-state index in [0.29, 0.717) is 12.8 Å². The van der Waals surface area contributed by atoms with Crippen LogP contribution in [0, 0.1) is 0 Å². The van der Waals surface area contributed by atoms with Crippen molar-refractivity contribution in [2.45, 2.75) is 26.7 Å². The summed E-state index contributed by atoms with van der Waals surface area (Å²) in [6, 6.07) is 0. The zero-order valence-electron chi connectivity index (χ0n) is 7.26. The van der Waals surface area contributed by atoms with E-state index in [4.69, 9.17) is 10.8 Å². The van der Waals surface area contributed by atoms with E-state index in [1.165, 1.54) is 6.92 Å². The van der Waals surface area contributed by atoms with Gasteiger partial charge in [-0.25, -0.2) is 4.79 Å². The molecule has 0 radical (unpaired) electrons. The minimum Gasteiger partial charge on any atom is -0.478 e. The van der Waals surface area contributed by atoms with Gasteiger partial charge in [-0.1, -0.05) is 13.3 Å². The molecular formula is C8H13NO3. The summed E-state index contributed by atoms with van der Waals surface area (Å²) in [5.74, 6) is -1.73. The third-order valence-corrected chi connectivity index (χ3v) is 1.58. The molecule has 12 heavy (non-hydrogen) atoms. The standard InChI is InChI=1S/C8H13NO3/c1-3-4-6(8(11)12)5(2)7(9)10/h3-4H2,1-2H3,(H2,9,10)(H,11,12)/b6-5+. The number of aliphatic carboxylic acids is 1. The maximum atomic E-state index is 10.6. The molecule has 0 unspecified atom stereocenters. The fourth-order valence-electron chi connectivity index (χ4n) is 0.854. The van der Waals surface area contributed by atoms with Gasteiger partial charge in [-0.05, 0) is 13.3 Å². The number of hydrogen-bond donors (Lipinski definition) is 2. The molecule has 0 atom stereocenters. The predicted molar refractivity (Wildman–Crippen MR) is 44.4 cm³/mol. The summed E-state index contributed by atoms with van der Waals surface area (Å²) >= 11 is 0. The van der Waals surface area contributed by atoms with Crippen molar-refractivity contribution < 1.29 is 14.7 Å². The Balaban J connectivity index is 4.80. The average molecular weight is 171 g/mol. The molecule has 0 aromatic carbocycles. The Kier molecular flexibility index (Phi) is 4.04. The topological polar surface area (TPSA) is 80.4 Å². The number of rotatable bonds is 4. The Morgan fingerprint density at radius 2 is 1.92 bits per heavy atom. The largest absolute Gasteiger partial charge is 0.478 e. The van der Waals surface area contributed by atoms with Crippen LogP contribution in [0.5, 0.6) is 0 Å². The number of primary amides is 1. The van der Waals surface area contributed by atoms with Crippen LogP contribution >= 0.6 is 0 Å². The molecule has 0 rings (SSSR count). The Bertz CT molecular complexity index is 230. The van der Waals surface area contributed by atoms with Gasteiger partial charge in [0.25, 0.3) is 0 Å². The molecule has 4 heteroatoms. The van der Waals surface area contributed by atoms with Crippen LogP contribution in [0.25, 0.3) is 0 Å². The molecule has 0 fully saturated rings. The molecule has 4 nitrogen and oxygen atoms in total. The van der Waals surface area contributed by atoms with Crippen molar-refractivity contribution in [3.8, 4) is 0 Å². The molecule has 0 saturated carbocycles. The lowest BCUT2D eigenvalue weighted by atomic mass is 10.0. The molecule has 0 aliphatic heterocycles. The fraction of sp³-hybridized carbons (Fsp3) is 0.500. The lowest BCUT2D eigenvalue weighted by Crippen LogP contribution is -2.16. The normalized spacial score (nSPS) is 12.2. The zero-order chi connectivity index (χ0) is 9.72. The molecule has 68 valence electrons. The molecule has 0 aromatic heterocycles. The van der Waals surface area contributed by atoms with Crippen LogP contribution < -0.4 is 5.73 Å². The van der Waals surface area contributed by atoms with Crippen molar-refractivity contribution in [3.05, 3.63) is 11.1 Å². The smallest absolute Gasteiger partial charge is 0.332 e. The minimum absolute atomic E-state index is 0.116. The number of carbonyl (C=O) groups is 2. The second kappa shape index (κ2) is 4.54. The Hall–Kier alpha value is -1.32. The highest BCUT2D eigenvalue weighted by atomic mass is 16.4. The first-order chi connectivity index (χ1) is 5.50. The third-order valence-electron chi connectivity index (χ3n) is 1.58. The van der Waals surface area contributed by atoms with Gasteiger partial charge < -0.3 is 10.8 Å². The van der Waals surface area contributed by atoms with Gasteiger partial charge in [0.15, 0.2) is 0 Å². The van der Waals surface area contributed by atoms with Crippen LogP contribution in [-0.2, 0) is 9.59 Å². The van der Waals surface area contributed by atoms with Crippen LogP contribution in [0.4, 0.5) is 0 Å². The SMILES string of the molecule is CCC/C(C(=O)O)=C(/C)C(N)=O. The molecule has 0 aromatic rings. The van der Waals surface area contributed by atoms with Gasteiger partial charge in [-0.15, -0.1) is 0 Å². The lowest BCUT2D eigenvalue weighted by Gasteiger charge is -2.02. The zero-order valence-corrected chi connectivity index (χ0v) is 7.26. The third kappa shape index (κ3) is 2.74. The van der Waals surface area contributed by atoms with Crippen molar-refractivity contribution >= 4 is 11.9 Å². The van der Waals surface area contributed by atoms with Crippen LogP contribution in [-0.4, -0.2) is 17.0 Å². The van der Waals surface area contributed by atoms with E-state index < -0.39 is 11.9 Å². The van der Waals surface area contributed by atoms with E-state index in [0.717, 1.165) is 0 Å². The van der Waals surface area contributed by atoms with Gasteiger partial charge in [0.2, 0.25) is 5.91 Å². The minimum atomic E-state index is -1.06. The van der Waals surface area contributed by atoms with Crippen molar-refractivity contribution in [3.63, 3.8) is 0 Å². The van der Waals surface area contributed by atoms with Crippen LogP contribution in [0.15, 0.2) is 11.1 Å². The van der Waals surface area contributed by atoms with Gasteiger partial charge in [0.1, 0.15) is 0 Å². The van der Waals surface area contributed by atoms with Gasteiger partial charge in [0.05, 0.1) is 0 Å². The van der Waals surface area contributed by atoms with E-state index in [9.17, 15) is 9.59 Å². The highest BCUT2D eigenvalue weighted by Gasteiger charge is 2.13. The van der Waals surface area contributed by atoms with Crippen molar-refractivity contribution in [2.75, 3.05) is 0 Å². The number of nitrogens with two attached hydrogens (primary N) is 1. The number of carbonyl (C=O) groups excluding carboxylic acids is 1. The Morgan fingerprint density at radius 3 is 2.17 bits per heavy atom. The molecule has 0 bridgehead atoms. The van der Waals surface area contributed by atoms with Gasteiger partial charge in [-0.3, -0.25) is 4.79 Å². The number of carboxylic acids is 1. The maximum absolute atomic E-state index is 10.6. The first-order valence-electron chi connectivity index (χ1n) is 3.73.